The van der Waals surface area contributed by atoms with Crippen molar-refractivity contribution in [2.45, 2.75) is 13.3 Å². The minimum absolute atomic E-state index is 0.139. The molecule has 0 bridgehead atoms. The summed E-state index contributed by atoms with van der Waals surface area (Å²) in [6, 6.07) is 4.18. The highest BCUT2D eigenvalue weighted by atomic mass is 16.3. The Morgan fingerprint density at radius 3 is 2.57 bits per heavy atom. The molecule has 14 heavy (non-hydrogen) atoms. The smallest absolute Gasteiger partial charge is 0.170 e. The number of carbonyl (C=O) groups excluding carboxylic acids is 2. The number of rotatable bonds is 3. The van der Waals surface area contributed by atoms with Crippen LogP contribution in [0.15, 0.2) is 18.2 Å². The third-order valence-electron chi connectivity index (χ3n) is 1.76. The fraction of sp³-hybridized carbons (Fsp3) is 0.200. The molecular weight excluding hydrogens is 182 g/mol. The summed E-state index contributed by atoms with van der Waals surface area (Å²) in [5.41, 5.74) is 5.87. The average Bonchev–Trinajstić information content (AvgIpc) is 2.08. The Hall–Kier alpha value is -1.84. The van der Waals surface area contributed by atoms with E-state index in [1.165, 1.54) is 25.1 Å². The van der Waals surface area contributed by atoms with Crippen LogP contribution >= 0.6 is 0 Å². The standard InChI is InChI=1S/C10H11NO3/c1-6(12)4-9(13)7-2-3-8(11)10(14)5-7/h2-3,5,14H,4,11H2,1H3. The second kappa shape index (κ2) is 3.91. The maximum absolute atomic E-state index is 11.3. The molecule has 0 aliphatic carbocycles. The van der Waals surface area contributed by atoms with E-state index in [1.54, 1.807) is 0 Å². The molecule has 4 nitrogen and oxygen atoms in total. The lowest BCUT2D eigenvalue weighted by Gasteiger charge is -2.01. The Labute approximate surface area is 81.3 Å². The maximum Gasteiger partial charge on any atom is 0.170 e. The molecular formula is C10H11NO3. The van der Waals surface area contributed by atoms with Gasteiger partial charge in [-0.3, -0.25) is 9.59 Å². The van der Waals surface area contributed by atoms with Gasteiger partial charge in [0.2, 0.25) is 0 Å². The van der Waals surface area contributed by atoms with E-state index in [2.05, 4.69) is 0 Å². The molecule has 0 aliphatic heterocycles. The van der Waals surface area contributed by atoms with Crippen LogP contribution in [0.25, 0.3) is 0 Å². The number of aromatic hydroxyl groups is 1. The monoisotopic (exact) mass is 193 g/mol. The lowest BCUT2D eigenvalue weighted by molar-refractivity contribution is -0.116. The normalized spacial score (nSPS) is 9.79. The highest BCUT2D eigenvalue weighted by Crippen LogP contribution is 2.21. The van der Waals surface area contributed by atoms with Crippen LogP contribution in [-0.4, -0.2) is 16.7 Å². The summed E-state index contributed by atoms with van der Waals surface area (Å²) >= 11 is 0. The molecule has 0 spiro atoms. The molecule has 0 saturated heterocycles. The molecule has 0 radical (unpaired) electrons. The van der Waals surface area contributed by atoms with Crippen molar-refractivity contribution in [1.82, 2.24) is 0 Å². The van der Waals surface area contributed by atoms with Gasteiger partial charge in [-0.25, -0.2) is 0 Å². The van der Waals surface area contributed by atoms with Gasteiger partial charge in [-0.15, -0.1) is 0 Å². The summed E-state index contributed by atoms with van der Waals surface area (Å²) in [6.45, 7) is 1.34. The topological polar surface area (TPSA) is 80.4 Å². The average molecular weight is 193 g/mol. The lowest BCUT2D eigenvalue weighted by atomic mass is 10.1. The molecule has 4 heteroatoms. The summed E-state index contributed by atoms with van der Waals surface area (Å²) in [6.07, 6.45) is -0.149. The van der Waals surface area contributed by atoms with Crippen molar-refractivity contribution in [1.29, 1.82) is 0 Å². The third-order valence-corrected chi connectivity index (χ3v) is 1.76. The Kier molecular flexibility index (Phi) is 2.86. The van der Waals surface area contributed by atoms with Crippen LogP contribution in [0.5, 0.6) is 5.75 Å². The minimum Gasteiger partial charge on any atom is -0.506 e. The Morgan fingerprint density at radius 1 is 1.43 bits per heavy atom. The van der Waals surface area contributed by atoms with Crippen molar-refractivity contribution in [3.63, 3.8) is 0 Å². The van der Waals surface area contributed by atoms with E-state index in [9.17, 15) is 14.7 Å². The number of carbonyl (C=O) groups is 2. The molecule has 0 unspecified atom stereocenters. The van der Waals surface area contributed by atoms with Gasteiger partial charge in [0.05, 0.1) is 12.1 Å². The Morgan fingerprint density at radius 2 is 2.07 bits per heavy atom. The quantitative estimate of drug-likeness (QED) is 0.326. The number of Topliss-reactive ketones (excluding diaryl/α,β-unsaturated/α-hetero) is 2. The van der Waals surface area contributed by atoms with Gasteiger partial charge in [0.1, 0.15) is 11.5 Å². The fourth-order valence-electron chi connectivity index (χ4n) is 1.05. The summed E-state index contributed by atoms with van der Waals surface area (Å²) in [5.74, 6) is -0.654. The van der Waals surface area contributed by atoms with Crippen LogP contribution in [0.4, 0.5) is 5.69 Å². The predicted molar refractivity (Wildman–Crippen MR) is 52.1 cm³/mol. The maximum atomic E-state index is 11.3. The zero-order valence-corrected chi connectivity index (χ0v) is 7.78. The first-order valence-corrected chi connectivity index (χ1v) is 4.12. The number of hydrogen-bond donors (Lipinski definition) is 2. The number of phenols is 1. The van der Waals surface area contributed by atoms with Crippen LogP contribution in [0.1, 0.15) is 23.7 Å². The first-order valence-electron chi connectivity index (χ1n) is 4.12. The number of anilines is 1. The molecule has 0 heterocycles. The van der Waals surface area contributed by atoms with E-state index in [0.29, 0.717) is 5.56 Å². The predicted octanol–water partition coefficient (Wildman–Crippen LogP) is 1.14. The summed E-state index contributed by atoms with van der Waals surface area (Å²) < 4.78 is 0. The van der Waals surface area contributed by atoms with Crippen LogP contribution in [-0.2, 0) is 4.79 Å². The lowest BCUT2D eigenvalue weighted by Crippen LogP contribution is -2.04. The van der Waals surface area contributed by atoms with Crippen LogP contribution < -0.4 is 5.73 Å². The number of ketones is 2. The highest BCUT2D eigenvalue weighted by molar-refractivity contribution is 6.07. The molecule has 0 atom stereocenters. The van der Waals surface area contributed by atoms with Gasteiger partial charge in [0.25, 0.3) is 0 Å². The van der Waals surface area contributed by atoms with Gasteiger partial charge in [0, 0.05) is 5.56 Å². The van der Waals surface area contributed by atoms with Crippen molar-refractivity contribution >= 4 is 17.3 Å². The molecule has 0 aromatic heterocycles. The van der Waals surface area contributed by atoms with Gasteiger partial charge in [-0.05, 0) is 25.1 Å². The number of benzene rings is 1. The first-order chi connectivity index (χ1) is 6.50. The molecule has 0 fully saturated rings. The molecule has 0 saturated carbocycles. The molecule has 1 aromatic carbocycles. The van der Waals surface area contributed by atoms with E-state index in [1.807, 2.05) is 0 Å². The number of hydrogen-bond acceptors (Lipinski definition) is 4. The van der Waals surface area contributed by atoms with Crippen LogP contribution in [0.3, 0.4) is 0 Å². The summed E-state index contributed by atoms with van der Waals surface area (Å²) in [4.78, 5) is 22.0. The molecule has 1 aromatic rings. The van der Waals surface area contributed by atoms with Crippen LogP contribution in [0.2, 0.25) is 0 Å². The SMILES string of the molecule is CC(=O)CC(=O)c1ccc(N)c(O)c1. The molecule has 74 valence electrons. The van der Waals surface area contributed by atoms with Gasteiger partial charge in [-0.2, -0.15) is 0 Å². The first kappa shape index (κ1) is 10.2. The van der Waals surface area contributed by atoms with Crippen molar-refractivity contribution in [3.05, 3.63) is 23.8 Å². The Bertz CT molecular complexity index is 385. The van der Waals surface area contributed by atoms with E-state index < -0.39 is 0 Å². The van der Waals surface area contributed by atoms with Gasteiger partial charge in [0.15, 0.2) is 5.78 Å². The summed E-state index contributed by atoms with van der Waals surface area (Å²) in [5, 5.41) is 9.22. The van der Waals surface area contributed by atoms with Gasteiger partial charge < -0.3 is 10.8 Å². The minimum atomic E-state index is -0.312. The van der Waals surface area contributed by atoms with Crippen molar-refractivity contribution < 1.29 is 14.7 Å². The highest BCUT2D eigenvalue weighted by Gasteiger charge is 2.09. The van der Waals surface area contributed by atoms with E-state index in [4.69, 9.17) is 5.73 Å². The fourth-order valence-corrected chi connectivity index (χ4v) is 1.05. The largest absolute Gasteiger partial charge is 0.506 e. The Balaban J connectivity index is 2.91. The third kappa shape index (κ3) is 2.32. The summed E-state index contributed by atoms with van der Waals surface area (Å²) in [7, 11) is 0. The zero-order valence-electron chi connectivity index (χ0n) is 7.78. The molecule has 3 N–H and O–H groups in total. The van der Waals surface area contributed by atoms with Crippen molar-refractivity contribution in [2.24, 2.45) is 0 Å². The van der Waals surface area contributed by atoms with Gasteiger partial charge >= 0.3 is 0 Å². The van der Waals surface area contributed by atoms with E-state index in [-0.39, 0.29) is 29.4 Å². The van der Waals surface area contributed by atoms with Crippen LogP contribution in [0, 0.1) is 0 Å². The van der Waals surface area contributed by atoms with E-state index in [0.717, 1.165) is 0 Å². The number of nitrogens with two attached hydrogens (primary N) is 1. The van der Waals surface area contributed by atoms with Crippen molar-refractivity contribution in [2.75, 3.05) is 5.73 Å². The van der Waals surface area contributed by atoms with Gasteiger partial charge in [-0.1, -0.05) is 0 Å². The number of nitrogen functional groups attached to an aromatic ring is 1. The second-order valence-electron chi connectivity index (χ2n) is 3.08. The van der Waals surface area contributed by atoms with Crippen molar-refractivity contribution in [3.8, 4) is 5.75 Å². The second-order valence-corrected chi connectivity index (χ2v) is 3.08. The molecule has 0 aliphatic rings. The van der Waals surface area contributed by atoms with E-state index >= 15 is 0 Å². The number of phenolic OH excluding ortho intramolecular Hbond substituents is 1. The molecule has 1 rings (SSSR count). The molecule has 0 amide bonds. The zero-order chi connectivity index (χ0) is 10.7.